The summed E-state index contributed by atoms with van der Waals surface area (Å²) in [7, 11) is 1.63. The number of carbonyl (C=O) groups excluding carboxylic acids is 1. The largest absolute Gasteiger partial charge is 0.496 e. The van der Waals surface area contributed by atoms with Gasteiger partial charge in [0.1, 0.15) is 5.75 Å². The number of aryl methyl sites for hydroxylation is 1. The number of hydrogen-bond donors (Lipinski definition) is 1. The second kappa shape index (κ2) is 8.87. The molecule has 0 saturated heterocycles. The maximum atomic E-state index is 12.3. The van der Waals surface area contributed by atoms with Gasteiger partial charge in [-0.05, 0) is 37.3 Å². The Morgan fingerprint density at radius 3 is 2.65 bits per heavy atom. The number of ether oxygens (including phenoxy) is 1. The summed E-state index contributed by atoms with van der Waals surface area (Å²) in [5.41, 5.74) is 2.69. The molecule has 0 saturated carbocycles. The number of methoxy groups -OCH3 is 1. The van der Waals surface area contributed by atoms with Gasteiger partial charge in [-0.3, -0.25) is 4.79 Å². The van der Waals surface area contributed by atoms with E-state index in [1.54, 1.807) is 30.2 Å². The molecule has 0 atom stereocenters. The summed E-state index contributed by atoms with van der Waals surface area (Å²) >= 11 is 3.38. The van der Waals surface area contributed by atoms with Crippen LogP contribution in [0.2, 0.25) is 0 Å². The number of para-hydroxylation sites is 1. The van der Waals surface area contributed by atoms with E-state index in [0.717, 1.165) is 32.7 Å². The Kier molecular flexibility index (Phi) is 6.30. The number of aromatic nitrogens is 1. The average Bonchev–Trinajstić information content (AvgIpc) is 3.10. The molecule has 3 rings (SSSR count). The smallest absolute Gasteiger partial charge is 0.251 e. The van der Waals surface area contributed by atoms with Crippen LogP contribution in [0.15, 0.2) is 58.8 Å². The lowest BCUT2D eigenvalue weighted by atomic mass is 10.2. The van der Waals surface area contributed by atoms with E-state index in [2.05, 4.69) is 15.7 Å². The van der Waals surface area contributed by atoms with Gasteiger partial charge in [0.05, 0.1) is 17.8 Å². The Labute approximate surface area is 161 Å². The van der Waals surface area contributed by atoms with Crippen LogP contribution in [0.5, 0.6) is 5.75 Å². The molecule has 3 aromatic rings. The molecule has 134 valence electrons. The summed E-state index contributed by atoms with van der Waals surface area (Å²) in [6.45, 7) is 2.44. The fraction of sp³-hybridized carbons (Fsp3) is 0.200. The summed E-state index contributed by atoms with van der Waals surface area (Å²) in [6.07, 6.45) is 0. The molecule has 4 nitrogen and oxygen atoms in total. The maximum absolute atomic E-state index is 12.3. The highest BCUT2D eigenvalue weighted by Crippen LogP contribution is 2.24. The Hall–Kier alpha value is -2.31. The minimum absolute atomic E-state index is 0.0948. The van der Waals surface area contributed by atoms with Crippen LogP contribution < -0.4 is 10.1 Å². The van der Waals surface area contributed by atoms with Gasteiger partial charge in [0.25, 0.3) is 5.91 Å². The van der Waals surface area contributed by atoms with Crippen molar-refractivity contribution in [3.05, 3.63) is 75.7 Å². The number of nitrogens with one attached hydrogen (secondary N) is 1. The predicted molar refractivity (Wildman–Crippen MR) is 107 cm³/mol. The SMILES string of the molecule is COc1ccccc1CNC(=O)c1ccc(SCc2csc(C)n2)cc1. The van der Waals surface area contributed by atoms with Crippen LogP contribution in [0.1, 0.15) is 26.6 Å². The van der Waals surface area contributed by atoms with Crippen molar-refractivity contribution in [1.82, 2.24) is 10.3 Å². The number of amides is 1. The normalized spacial score (nSPS) is 10.5. The molecule has 0 bridgehead atoms. The molecule has 0 fully saturated rings. The van der Waals surface area contributed by atoms with Gasteiger partial charge in [0.15, 0.2) is 0 Å². The quantitative estimate of drug-likeness (QED) is 0.601. The molecule has 1 heterocycles. The fourth-order valence-electron chi connectivity index (χ4n) is 2.46. The maximum Gasteiger partial charge on any atom is 0.251 e. The predicted octanol–water partition coefficient (Wildman–Crippen LogP) is 4.68. The van der Waals surface area contributed by atoms with Gasteiger partial charge in [-0.1, -0.05) is 18.2 Å². The number of nitrogens with zero attached hydrogens (tertiary/aromatic N) is 1. The average molecular weight is 385 g/mol. The third-order valence-corrected chi connectivity index (χ3v) is 5.67. The van der Waals surface area contributed by atoms with Crippen LogP contribution in [0.3, 0.4) is 0 Å². The first-order valence-electron chi connectivity index (χ1n) is 8.19. The molecule has 1 amide bonds. The summed E-state index contributed by atoms with van der Waals surface area (Å²) < 4.78 is 5.31. The first-order valence-corrected chi connectivity index (χ1v) is 10.1. The number of benzene rings is 2. The van der Waals surface area contributed by atoms with Crippen LogP contribution in [0, 0.1) is 6.92 Å². The molecular weight excluding hydrogens is 364 g/mol. The zero-order valence-corrected chi connectivity index (χ0v) is 16.3. The minimum Gasteiger partial charge on any atom is -0.496 e. The Balaban J connectivity index is 1.55. The molecule has 0 unspecified atom stereocenters. The molecule has 0 radical (unpaired) electrons. The summed E-state index contributed by atoms with van der Waals surface area (Å²) in [4.78, 5) is 17.9. The van der Waals surface area contributed by atoms with Crippen molar-refractivity contribution in [1.29, 1.82) is 0 Å². The topological polar surface area (TPSA) is 51.2 Å². The van der Waals surface area contributed by atoms with Gasteiger partial charge in [-0.2, -0.15) is 0 Å². The van der Waals surface area contributed by atoms with Gasteiger partial charge in [-0.25, -0.2) is 4.98 Å². The Morgan fingerprint density at radius 1 is 1.19 bits per heavy atom. The zero-order chi connectivity index (χ0) is 18.4. The molecule has 0 aliphatic carbocycles. The number of thioether (sulfide) groups is 1. The minimum atomic E-state index is -0.0948. The van der Waals surface area contributed by atoms with E-state index in [0.29, 0.717) is 12.1 Å². The highest BCUT2D eigenvalue weighted by molar-refractivity contribution is 7.98. The van der Waals surface area contributed by atoms with Crippen molar-refractivity contribution < 1.29 is 9.53 Å². The lowest BCUT2D eigenvalue weighted by Crippen LogP contribution is -2.22. The van der Waals surface area contributed by atoms with E-state index in [9.17, 15) is 4.79 Å². The third kappa shape index (κ3) is 4.86. The molecule has 1 aromatic heterocycles. The van der Waals surface area contributed by atoms with Gasteiger partial charge in [0.2, 0.25) is 0 Å². The lowest BCUT2D eigenvalue weighted by Gasteiger charge is -2.10. The number of rotatable bonds is 7. The second-order valence-corrected chi connectivity index (χ2v) is 7.78. The van der Waals surface area contributed by atoms with Crippen LogP contribution in [0.4, 0.5) is 0 Å². The Morgan fingerprint density at radius 2 is 1.96 bits per heavy atom. The molecule has 2 aromatic carbocycles. The standard InChI is InChI=1S/C20H20N2O2S2/c1-14-22-17(12-25-14)13-26-18-9-7-15(8-10-18)20(23)21-11-16-5-3-4-6-19(16)24-2/h3-10,12H,11,13H2,1-2H3,(H,21,23). The van der Waals surface area contributed by atoms with E-state index in [1.807, 2.05) is 55.5 Å². The van der Waals surface area contributed by atoms with Crippen molar-refractivity contribution >= 4 is 29.0 Å². The van der Waals surface area contributed by atoms with Crippen LogP contribution in [0.25, 0.3) is 0 Å². The number of hydrogen-bond acceptors (Lipinski definition) is 5. The number of thiazole rings is 1. The van der Waals surface area contributed by atoms with Crippen LogP contribution in [-0.4, -0.2) is 18.0 Å². The molecule has 6 heteroatoms. The Bertz CT molecular complexity index is 876. The second-order valence-electron chi connectivity index (χ2n) is 5.67. The molecule has 26 heavy (non-hydrogen) atoms. The molecule has 0 aliphatic heterocycles. The van der Waals surface area contributed by atoms with Gasteiger partial charge in [0, 0.05) is 33.7 Å². The highest BCUT2D eigenvalue weighted by atomic mass is 32.2. The molecule has 0 spiro atoms. The van der Waals surface area contributed by atoms with E-state index in [-0.39, 0.29) is 5.91 Å². The highest BCUT2D eigenvalue weighted by Gasteiger charge is 2.08. The van der Waals surface area contributed by atoms with E-state index in [1.165, 1.54) is 0 Å². The fourth-order valence-corrected chi connectivity index (χ4v) is 3.97. The summed E-state index contributed by atoms with van der Waals surface area (Å²) in [5, 5.41) is 6.11. The van der Waals surface area contributed by atoms with Gasteiger partial charge >= 0.3 is 0 Å². The summed E-state index contributed by atoms with van der Waals surface area (Å²) in [5.74, 6) is 1.52. The third-order valence-electron chi connectivity index (χ3n) is 3.80. The zero-order valence-electron chi connectivity index (χ0n) is 14.7. The first kappa shape index (κ1) is 18.5. The van der Waals surface area contributed by atoms with E-state index >= 15 is 0 Å². The van der Waals surface area contributed by atoms with Crippen molar-refractivity contribution in [2.75, 3.05) is 7.11 Å². The first-order chi connectivity index (χ1) is 12.7. The van der Waals surface area contributed by atoms with Crippen LogP contribution in [-0.2, 0) is 12.3 Å². The van der Waals surface area contributed by atoms with Gasteiger partial charge in [-0.15, -0.1) is 23.1 Å². The monoisotopic (exact) mass is 384 g/mol. The van der Waals surface area contributed by atoms with E-state index < -0.39 is 0 Å². The van der Waals surface area contributed by atoms with Crippen molar-refractivity contribution in [2.24, 2.45) is 0 Å². The van der Waals surface area contributed by atoms with Crippen molar-refractivity contribution in [3.63, 3.8) is 0 Å². The molecule has 1 N–H and O–H groups in total. The molecular formula is C20H20N2O2S2. The van der Waals surface area contributed by atoms with E-state index in [4.69, 9.17) is 4.74 Å². The van der Waals surface area contributed by atoms with Crippen molar-refractivity contribution in [2.45, 2.75) is 24.1 Å². The summed E-state index contributed by atoms with van der Waals surface area (Å²) in [6, 6.07) is 15.3. The van der Waals surface area contributed by atoms with Crippen LogP contribution >= 0.6 is 23.1 Å². The molecule has 0 aliphatic rings. The lowest BCUT2D eigenvalue weighted by molar-refractivity contribution is 0.0950. The van der Waals surface area contributed by atoms with Gasteiger partial charge < -0.3 is 10.1 Å². The number of carbonyl (C=O) groups is 1. The van der Waals surface area contributed by atoms with Crippen molar-refractivity contribution in [3.8, 4) is 5.75 Å².